The van der Waals surface area contributed by atoms with Crippen molar-refractivity contribution in [1.82, 2.24) is 4.90 Å². The highest BCUT2D eigenvalue weighted by atomic mass is 79.9. The van der Waals surface area contributed by atoms with Gasteiger partial charge in [-0.3, -0.25) is 0 Å². The first-order valence-electron chi connectivity index (χ1n) is 6.04. The second-order valence-corrected chi connectivity index (χ2v) is 5.79. The summed E-state index contributed by atoms with van der Waals surface area (Å²) in [4.78, 5) is 14.0. The molecule has 0 heterocycles. The van der Waals surface area contributed by atoms with E-state index in [2.05, 4.69) is 34.9 Å². The summed E-state index contributed by atoms with van der Waals surface area (Å²) in [5.74, 6) is -0.264. The smallest absolute Gasteiger partial charge is 0.338 e. The first-order valence-corrected chi connectivity index (χ1v) is 6.83. The zero-order valence-corrected chi connectivity index (χ0v) is 12.8. The predicted molar refractivity (Wildman–Crippen MR) is 75.0 cm³/mol. The number of rotatable bonds is 2. The highest BCUT2D eigenvalue weighted by Gasteiger charge is 2.30. The number of benzene rings is 1. The third-order valence-electron chi connectivity index (χ3n) is 3.72. The van der Waals surface area contributed by atoms with Crippen LogP contribution in [0.1, 0.15) is 39.5 Å². The lowest BCUT2D eigenvalue weighted by Gasteiger charge is -2.23. The molecule has 0 amide bonds. The number of halogens is 1. The van der Waals surface area contributed by atoms with Gasteiger partial charge in [0.2, 0.25) is 0 Å². The minimum absolute atomic E-state index is 0.264. The largest absolute Gasteiger partial charge is 0.465 e. The average molecular weight is 312 g/mol. The van der Waals surface area contributed by atoms with E-state index in [1.54, 1.807) is 0 Å². The van der Waals surface area contributed by atoms with Crippen molar-refractivity contribution in [2.24, 2.45) is 0 Å². The van der Waals surface area contributed by atoms with Crippen molar-refractivity contribution in [2.45, 2.75) is 25.8 Å². The Morgan fingerprint density at radius 1 is 1.50 bits per heavy atom. The molecule has 0 saturated heterocycles. The summed E-state index contributed by atoms with van der Waals surface area (Å²) in [5.41, 5.74) is 4.33. The van der Waals surface area contributed by atoms with E-state index in [4.69, 9.17) is 4.74 Å². The van der Waals surface area contributed by atoms with Crippen LogP contribution in [0, 0.1) is 6.92 Å². The summed E-state index contributed by atoms with van der Waals surface area (Å²) in [6, 6.07) is 2.28. The Hall–Kier alpha value is -0.870. The molecule has 0 bridgehead atoms. The molecule has 1 aromatic rings. The van der Waals surface area contributed by atoms with E-state index in [1.165, 1.54) is 18.2 Å². The van der Waals surface area contributed by atoms with Crippen LogP contribution in [-0.4, -0.2) is 32.1 Å². The Morgan fingerprint density at radius 3 is 2.72 bits per heavy atom. The second kappa shape index (κ2) is 5.02. The average Bonchev–Trinajstić information content (AvgIpc) is 2.78. The Labute approximate surface area is 116 Å². The molecule has 3 nitrogen and oxygen atoms in total. The van der Waals surface area contributed by atoms with E-state index >= 15 is 0 Å². The van der Waals surface area contributed by atoms with Gasteiger partial charge in [-0.05, 0) is 56.6 Å². The van der Waals surface area contributed by atoms with Gasteiger partial charge in [0.25, 0.3) is 0 Å². The number of nitrogens with zero attached hydrogens (tertiary/aromatic N) is 1. The summed E-state index contributed by atoms with van der Waals surface area (Å²) < 4.78 is 5.88. The van der Waals surface area contributed by atoms with Crippen molar-refractivity contribution >= 4 is 21.9 Å². The fraction of sp³-hybridized carbons (Fsp3) is 0.500. The van der Waals surface area contributed by atoms with Crippen LogP contribution >= 0.6 is 15.9 Å². The summed E-state index contributed by atoms with van der Waals surface area (Å²) in [5, 5.41) is 0. The molecule has 0 spiro atoms. The summed E-state index contributed by atoms with van der Waals surface area (Å²) in [6.07, 6.45) is 2.16. The SMILES string of the molecule is COC(=O)c1cc(Br)c2c(c1C)C(N(C)C)CC2. The Balaban J connectivity index is 2.61. The maximum absolute atomic E-state index is 11.8. The Bertz CT molecular complexity index is 497. The zero-order valence-electron chi connectivity index (χ0n) is 11.2. The highest BCUT2D eigenvalue weighted by Crippen LogP contribution is 2.41. The topological polar surface area (TPSA) is 29.5 Å². The van der Waals surface area contributed by atoms with Crippen LogP contribution in [0.2, 0.25) is 0 Å². The molecule has 1 unspecified atom stereocenters. The van der Waals surface area contributed by atoms with Crippen molar-refractivity contribution in [3.8, 4) is 0 Å². The van der Waals surface area contributed by atoms with Gasteiger partial charge in [0.05, 0.1) is 12.7 Å². The number of esters is 1. The van der Waals surface area contributed by atoms with Crippen LogP contribution in [0.5, 0.6) is 0 Å². The molecular formula is C14H18BrNO2. The number of fused-ring (bicyclic) bond motifs is 1. The van der Waals surface area contributed by atoms with Gasteiger partial charge in [-0.25, -0.2) is 4.79 Å². The van der Waals surface area contributed by atoms with Crippen molar-refractivity contribution in [3.05, 3.63) is 32.8 Å². The van der Waals surface area contributed by atoms with E-state index < -0.39 is 0 Å². The number of carbonyl (C=O) groups is 1. The third kappa shape index (κ3) is 2.08. The molecule has 1 atom stereocenters. The van der Waals surface area contributed by atoms with Gasteiger partial charge in [-0.15, -0.1) is 0 Å². The van der Waals surface area contributed by atoms with E-state index in [0.29, 0.717) is 11.6 Å². The monoisotopic (exact) mass is 311 g/mol. The molecule has 18 heavy (non-hydrogen) atoms. The lowest BCUT2D eigenvalue weighted by Crippen LogP contribution is -2.19. The lowest BCUT2D eigenvalue weighted by molar-refractivity contribution is 0.0599. The summed E-state index contributed by atoms with van der Waals surface area (Å²) in [7, 11) is 5.59. The van der Waals surface area contributed by atoms with Crippen molar-refractivity contribution in [2.75, 3.05) is 21.2 Å². The van der Waals surface area contributed by atoms with Crippen LogP contribution in [0.15, 0.2) is 10.5 Å². The molecule has 4 heteroatoms. The fourth-order valence-corrected chi connectivity index (χ4v) is 3.43. The number of carbonyl (C=O) groups excluding carboxylic acids is 1. The van der Waals surface area contributed by atoms with Crippen molar-refractivity contribution in [1.29, 1.82) is 0 Å². The maximum Gasteiger partial charge on any atom is 0.338 e. The maximum atomic E-state index is 11.8. The molecule has 0 saturated carbocycles. The molecular weight excluding hydrogens is 294 g/mol. The van der Waals surface area contributed by atoms with Crippen molar-refractivity contribution < 1.29 is 9.53 Å². The minimum Gasteiger partial charge on any atom is -0.465 e. The predicted octanol–water partition coefficient (Wildman–Crippen LogP) is 3.09. The van der Waals surface area contributed by atoms with E-state index in [0.717, 1.165) is 22.9 Å². The van der Waals surface area contributed by atoms with Crippen LogP contribution in [0.4, 0.5) is 0 Å². The fourth-order valence-electron chi connectivity index (χ4n) is 2.79. The number of methoxy groups -OCH3 is 1. The first kappa shape index (κ1) is 13.6. The molecule has 1 aromatic carbocycles. The van der Waals surface area contributed by atoms with Gasteiger partial charge in [0.1, 0.15) is 0 Å². The summed E-state index contributed by atoms with van der Waals surface area (Å²) >= 11 is 3.58. The molecule has 98 valence electrons. The quantitative estimate of drug-likeness (QED) is 0.786. The second-order valence-electron chi connectivity index (χ2n) is 4.93. The molecule has 0 aliphatic heterocycles. The standard InChI is InChI=1S/C14H18BrNO2/c1-8-10(14(17)18-4)7-11(15)9-5-6-12(13(8)9)16(2)3/h7,12H,5-6H2,1-4H3. The molecule has 1 aliphatic rings. The van der Waals surface area contributed by atoms with E-state index in [9.17, 15) is 4.79 Å². The van der Waals surface area contributed by atoms with Gasteiger partial charge < -0.3 is 9.64 Å². The van der Waals surface area contributed by atoms with Crippen LogP contribution in [-0.2, 0) is 11.2 Å². The molecule has 0 N–H and O–H groups in total. The number of hydrogen-bond acceptors (Lipinski definition) is 3. The molecule has 1 aliphatic carbocycles. The van der Waals surface area contributed by atoms with E-state index in [-0.39, 0.29) is 5.97 Å². The van der Waals surface area contributed by atoms with E-state index in [1.807, 2.05) is 13.0 Å². The highest BCUT2D eigenvalue weighted by molar-refractivity contribution is 9.10. The normalized spacial score (nSPS) is 18.0. The first-order chi connectivity index (χ1) is 8.47. The van der Waals surface area contributed by atoms with Crippen LogP contribution < -0.4 is 0 Å². The van der Waals surface area contributed by atoms with Gasteiger partial charge >= 0.3 is 5.97 Å². The molecule has 0 aromatic heterocycles. The third-order valence-corrected chi connectivity index (χ3v) is 4.43. The zero-order chi connectivity index (χ0) is 13.4. The summed E-state index contributed by atoms with van der Waals surface area (Å²) in [6.45, 7) is 2.01. The van der Waals surface area contributed by atoms with Gasteiger partial charge in [0.15, 0.2) is 0 Å². The number of ether oxygens (including phenoxy) is 1. The Kier molecular flexibility index (Phi) is 3.78. The molecule has 0 radical (unpaired) electrons. The van der Waals surface area contributed by atoms with Crippen LogP contribution in [0.25, 0.3) is 0 Å². The molecule has 0 fully saturated rings. The Morgan fingerprint density at radius 2 is 2.17 bits per heavy atom. The van der Waals surface area contributed by atoms with Gasteiger partial charge in [-0.1, -0.05) is 15.9 Å². The number of hydrogen-bond donors (Lipinski definition) is 0. The van der Waals surface area contributed by atoms with Gasteiger partial charge in [-0.2, -0.15) is 0 Å². The molecule has 2 rings (SSSR count). The minimum atomic E-state index is -0.264. The lowest BCUT2D eigenvalue weighted by atomic mass is 9.96. The van der Waals surface area contributed by atoms with Crippen molar-refractivity contribution in [3.63, 3.8) is 0 Å². The van der Waals surface area contributed by atoms with Gasteiger partial charge in [0, 0.05) is 10.5 Å². The van der Waals surface area contributed by atoms with Crippen LogP contribution in [0.3, 0.4) is 0 Å².